The number of carbonyl (C=O) groups is 2. The molecule has 0 heterocycles. The van der Waals surface area contributed by atoms with Crippen LogP contribution in [0, 0.1) is 5.92 Å². The van der Waals surface area contributed by atoms with E-state index < -0.39 is 37.3 Å². The molecule has 1 unspecified atom stereocenters. The van der Waals surface area contributed by atoms with E-state index in [1.807, 2.05) is 13.8 Å². The van der Waals surface area contributed by atoms with Crippen molar-refractivity contribution < 1.29 is 32.2 Å². The molecule has 5 nitrogen and oxygen atoms in total. The third-order valence-electron chi connectivity index (χ3n) is 2.03. The maximum atomic E-state index is 11.8. The van der Waals surface area contributed by atoms with E-state index in [1.54, 1.807) is 0 Å². The molecule has 0 saturated carbocycles. The van der Waals surface area contributed by atoms with Gasteiger partial charge in [0, 0.05) is 0 Å². The zero-order valence-corrected chi connectivity index (χ0v) is 11.0. The highest BCUT2D eigenvalue weighted by atomic mass is 19.4. The summed E-state index contributed by atoms with van der Waals surface area (Å²) < 4.78 is 44.1. The smallest absolute Gasteiger partial charge is 0.411 e. The number of alkyl halides is 3. The van der Waals surface area contributed by atoms with Gasteiger partial charge in [0.2, 0.25) is 5.91 Å². The van der Waals surface area contributed by atoms with Crippen LogP contribution in [0.25, 0.3) is 0 Å². The van der Waals surface area contributed by atoms with Crippen LogP contribution in [0.5, 0.6) is 0 Å². The van der Waals surface area contributed by atoms with Crippen molar-refractivity contribution in [3.63, 3.8) is 0 Å². The number of nitrogens with one attached hydrogen (secondary N) is 1. The molecule has 112 valence electrons. The molecule has 0 aliphatic carbocycles. The zero-order valence-electron chi connectivity index (χ0n) is 11.0. The van der Waals surface area contributed by atoms with Crippen molar-refractivity contribution in [3.05, 3.63) is 0 Å². The standard InChI is InChI=1S/C11H18F3NO4/c1-7(2)4-8(10(17)18-3)15-9(16)5-19-6-11(12,13)14/h7-8H,4-6H2,1-3H3,(H,15,16). The van der Waals surface area contributed by atoms with Crippen molar-refractivity contribution in [2.24, 2.45) is 5.92 Å². The minimum absolute atomic E-state index is 0.112. The molecule has 0 aliphatic rings. The van der Waals surface area contributed by atoms with E-state index in [1.165, 1.54) is 7.11 Å². The summed E-state index contributed by atoms with van der Waals surface area (Å²) in [6.07, 6.45) is -4.16. The van der Waals surface area contributed by atoms with Crippen LogP contribution in [0.15, 0.2) is 0 Å². The molecule has 0 bridgehead atoms. The molecular formula is C11H18F3NO4. The molecule has 0 rings (SSSR count). The van der Waals surface area contributed by atoms with Crippen LogP contribution in [-0.4, -0.2) is 44.4 Å². The van der Waals surface area contributed by atoms with Crippen molar-refractivity contribution in [3.8, 4) is 0 Å². The number of hydrogen-bond donors (Lipinski definition) is 1. The second-order valence-corrected chi connectivity index (χ2v) is 4.38. The predicted molar refractivity (Wildman–Crippen MR) is 60.3 cm³/mol. The predicted octanol–water partition coefficient (Wildman–Crippen LogP) is 1.27. The molecule has 0 aromatic rings. The lowest BCUT2D eigenvalue weighted by Gasteiger charge is -2.18. The van der Waals surface area contributed by atoms with Gasteiger partial charge in [0.05, 0.1) is 7.11 Å². The van der Waals surface area contributed by atoms with E-state index in [0.717, 1.165) is 0 Å². The molecule has 1 atom stereocenters. The first-order valence-corrected chi connectivity index (χ1v) is 5.67. The van der Waals surface area contributed by atoms with Crippen LogP contribution in [-0.2, 0) is 19.1 Å². The van der Waals surface area contributed by atoms with Crippen LogP contribution >= 0.6 is 0 Å². The second-order valence-electron chi connectivity index (χ2n) is 4.38. The third-order valence-corrected chi connectivity index (χ3v) is 2.03. The Labute approximate surface area is 109 Å². The Morgan fingerprint density at radius 3 is 2.26 bits per heavy atom. The Morgan fingerprint density at radius 2 is 1.84 bits per heavy atom. The highest BCUT2D eigenvalue weighted by Gasteiger charge is 2.28. The van der Waals surface area contributed by atoms with Crippen molar-refractivity contribution in [1.29, 1.82) is 0 Å². The lowest BCUT2D eigenvalue weighted by molar-refractivity contribution is -0.176. The first-order chi connectivity index (χ1) is 8.65. The number of hydrogen-bond acceptors (Lipinski definition) is 4. The summed E-state index contributed by atoms with van der Waals surface area (Å²) in [5.41, 5.74) is 0. The van der Waals surface area contributed by atoms with Crippen LogP contribution in [0.1, 0.15) is 20.3 Å². The van der Waals surface area contributed by atoms with Crippen molar-refractivity contribution in [2.75, 3.05) is 20.3 Å². The topological polar surface area (TPSA) is 64.6 Å². The fraction of sp³-hybridized carbons (Fsp3) is 0.818. The van der Waals surface area contributed by atoms with Crippen LogP contribution in [0.4, 0.5) is 13.2 Å². The summed E-state index contributed by atoms with van der Waals surface area (Å²) in [6, 6.07) is -0.882. The molecule has 0 saturated heterocycles. The first-order valence-electron chi connectivity index (χ1n) is 5.67. The monoisotopic (exact) mass is 285 g/mol. The summed E-state index contributed by atoms with van der Waals surface area (Å²) >= 11 is 0. The maximum absolute atomic E-state index is 11.8. The quantitative estimate of drug-likeness (QED) is 0.715. The van der Waals surface area contributed by atoms with E-state index in [-0.39, 0.29) is 5.92 Å². The highest BCUT2D eigenvalue weighted by Crippen LogP contribution is 2.14. The number of halogens is 3. The normalized spacial score (nSPS) is 13.2. The molecule has 1 N–H and O–H groups in total. The summed E-state index contributed by atoms with van der Waals surface area (Å²) in [5, 5.41) is 2.28. The van der Waals surface area contributed by atoms with Crippen molar-refractivity contribution in [2.45, 2.75) is 32.5 Å². The molecule has 0 aromatic carbocycles. The first kappa shape index (κ1) is 17.7. The fourth-order valence-electron chi connectivity index (χ4n) is 1.32. The van der Waals surface area contributed by atoms with Gasteiger partial charge in [-0.3, -0.25) is 4.79 Å². The average molecular weight is 285 g/mol. The van der Waals surface area contributed by atoms with Gasteiger partial charge in [-0.15, -0.1) is 0 Å². The van der Waals surface area contributed by atoms with E-state index in [0.29, 0.717) is 6.42 Å². The Kier molecular flexibility index (Phi) is 7.43. The molecule has 0 aromatic heterocycles. The van der Waals surface area contributed by atoms with Crippen molar-refractivity contribution >= 4 is 11.9 Å². The van der Waals surface area contributed by atoms with Gasteiger partial charge in [-0.25, -0.2) is 4.79 Å². The number of ether oxygens (including phenoxy) is 2. The molecule has 0 fully saturated rings. The van der Waals surface area contributed by atoms with Gasteiger partial charge in [0.15, 0.2) is 0 Å². The fourth-order valence-corrected chi connectivity index (χ4v) is 1.32. The van der Waals surface area contributed by atoms with Crippen molar-refractivity contribution in [1.82, 2.24) is 5.32 Å². The van der Waals surface area contributed by atoms with E-state index in [9.17, 15) is 22.8 Å². The number of methoxy groups -OCH3 is 1. The van der Waals surface area contributed by atoms with E-state index in [4.69, 9.17) is 0 Å². The molecular weight excluding hydrogens is 267 g/mol. The summed E-state index contributed by atoms with van der Waals surface area (Å²) in [6.45, 7) is 1.41. The summed E-state index contributed by atoms with van der Waals surface area (Å²) in [7, 11) is 1.17. The molecule has 0 aliphatic heterocycles. The number of amides is 1. The van der Waals surface area contributed by atoms with Crippen LogP contribution < -0.4 is 5.32 Å². The van der Waals surface area contributed by atoms with Gasteiger partial charge in [-0.1, -0.05) is 13.8 Å². The molecule has 0 radical (unpaired) electrons. The minimum Gasteiger partial charge on any atom is -0.467 e. The average Bonchev–Trinajstić information content (AvgIpc) is 2.24. The van der Waals surface area contributed by atoms with Crippen LogP contribution in [0.2, 0.25) is 0 Å². The highest BCUT2D eigenvalue weighted by molar-refractivity contribution is 5.85. The van der Waals surface area contributed by atoms with Gasteiger partial charge in [0.25, 0.3) is 0 Å². The SMILES string of the molecule is COC(=O)C(CC(C)C)NC(=O)COCC(F)(F)F. The number of rotatable bonds is 7. The maximum Gasteiger partial charge on any atom is 0.411 e. The van der Waals surface area contributed by atoms with Gasteiger partial charge in [-0.2, -0.15) is 13.2 Å². The Morgan fingerprint density at radius 1 is 1.26 bits per heavy atom. The van der Waals surface area contributed by atoms with Gasteiger partial charge >= 0.3 is 12.1 Å². The Hall–Kier alpha value is -1.31. The van der Waals surface area contributed by atoms with Gasteiger partial charge in [0.1, 0.15) is 19.3 Å². The Balaban J connectivity index is 4.20. The number of esters is 1. The summed E-state index contributed by atoms with van der Waals surface area (Å²) in [5.74, 6) is -1.32. The third kappa shape index (κ3) is 9.29. The van der Waals surface area contributed by atoms with Crippen LogP contribution in [0.3, 0.4) is 0 Å². The van der Waals surface area contributed by atoms with Gasteiger partial charge < -0.3 is 14.8 Å². The van der Waals surface area contributed by atoms with E-state index >= 15 is 0 Å². The molecule has 1 amide bonds. The molecule has 8 heteroatoms. The molecule has 19 heavy (non-hydrogen) atoms. The largest absolute Gasteiger partial charge is 0.467 e. The lowest BCUT2D eigenvalue weighted by Crippen LogP contribution is -2.44. The van der Waals surface area contributed by atoms with E-state index in [2.05, 4.69) is 14.8 Å². The summed E-state index contributed by atoms with van der Waals surface area (Å²) in [4.78, 5) is 22.7. The minimum atomic E-state index is -4.49. The van der Waals surface area contributed by atoms with Gasteiger partial charge in [-0.05, 0) is 12.3 Å². The second kappa shape index (κ2) is 7.98. The Bertz CT molecular complexity index is 305. The number of carbonyl (C=O) groups excluding carboxylic acids is 2. The molecule has 0 spiro atoms. The lowest BCUT2D eigenvalue weighted by atomic mass is 10.0. The zero-order chi connectivity index (χ0) is 15.1.